The van der Waals surface area contributed by atoms with Crippen LogP contribution in [-0.4, -0.2) is 18.0 Å². The first-order valence-electron chi connectivity index (χ1n) is 8.45. The lowest BCUT2D eigenvalue weighted by Crippen LogP contribution is -2.25. The number of fused-ring (bicyclic) bond motifs is 2. The number of nitrogens with zero attached hydrogens (tertiary/aromatic N) is 1. The Morgan fingerprint density at radius 1 is 0.727 bits per heavy atom. The van der Waals surface area contributed by atoms with E-state index in [9.17, 15) is 0 Å². The Morgan fingerprint density at radius 2 is 1.23 bits per heavy atom. The molecular formula is C21H25N. The molecule has 0 spiro atoms. The van der Waals surface area contributed by atoms with Crippen molar-refractivity contribution >= 4 is 21.5 Å². The highest BCUT2D eigenvalue weighted by molar-refractivity contribution is 6.02. The lowest BCUT2D eigenvalue weighted by atomic mass is 9.96. The van der Waals surface area contributed by atoms with E-state index in [0.29, 0.717) is 0 Å². The van der Waals surface area contributed by atoms with E-state index >= 15 is 0 Å². The SMILES string of the molecule is CCCN(CCC)Cc1c2ccccc2cc2ccccc12. The van der Waals surface area contributed by atoms with Crippen molar-refractivity contribution in [3.8, 4) is 0 Å². The third-order valence-corrected chi connectivity index (χ3v) is 4.34. The van der Waals surface area contributed by atoms with Crippen molar-refractivity contribution in [1.82, 2.24) is 4.90 Å². The molecule has 0 heterocycles. The van der Waals surface area contributed by atoms with Gasteiger partial charge in [0.1, 0.15) is 0 Å². The van der Waals surface area contributed by atoms with E-state index in [4.69, 9.17) is 0 Å². The fourth-order valence-corrected chi connectivity index (χ4v) is 3.40. The molecule has 0 amide bonds. The molecule has 3 rings (SSSR count). The summed E-state index contributed by atoms with van der Waals surface area (Å²) in [4.78, 5) is 2.59. The fraction of sp³-hybridized carbons (Fsp3) is 0.333. The van der Waals surface area contributed by atoms with E-state index in [0.717, 1.165) is 6.54 Å². The second kappa shape index (κ2) is 6.93. The van der Waals surface area contributed by atoms with Crippen LogP contribution in [0.5, 0.6) is 0 Å². The molecule has 3 aromatic carbocycles. The van der Waals surface area contributed by atoms with Gasteiger partial charge in [-0.25, -0.2) is 0 Å². The van der Waals surface area contributed by atoms with Crippen LogP contribution in [0.1, 0.15) is 32.3 Å². The van der Waals surface area contributed by atoms with Gasteiger partial charge in [0.15, 0.2) is 0 Å². The van der Waals surface area contributed by atoms with Crippen molar-refractivity contribution < 1.29 is 0 Å². The molecule has 3 aromatic rings. The molecule has 0 aliphatic carbocycles. The molecule has 22 heavy (non-hydrogen) atoms. The molecule has 0 radical (unpaired) electrons. The minimum Gasteiger partial charge on any atom is -0.299 e. The Balaban J connectivity index is 2.14. The maximum Gasteiger partial charge on any atom is 0.0246 e. The van der Waals surface area contributed by atoms with Crippen molar-refractivity contribution in [1.29, 1.82) is 0 Å². The van der Waals surface area contributed by atoms with Gasteiger partial charge in [-0.3, -0.25) is 4.90 Å². The smallest absolute Gasteiger partial charge is 0.0246 e. The van der Waals surface area contributed by atoms with E-state index in [1.165, 1.54) is 53.0 Å². The van der Waals surface area contributed by atoms with E-state index in [1.54, 1.807) is 0 Å². The summed E-state index contributed by atoms with van der Waals surface area (Å²) in [5.74, 6) is 0. The first-order valence-corrected chi connectivity index (χ1v) is 8.45. The van der Waals surface area contributed by atoms with Gasteiger partial charge in [0.25, 0.3) is 0 Å². The lowest BCUT2D eigenvalue weighted by Gasteiger charge is -2.23. The monoisotopic (exact) mass is 291 g/mol. The summed E-state index contributed by atoms with van der Waals surface area (Å²) >= 11 is 0. The zero-order valence-corrected chi connectivity index (χ0v) is 13.7. The van der Waals surface area contributed by atoms with Gasteiger partial charge in [-0.05, 0) is 59.1 Å². The summed E-state index contributed by atoms with van der Waals surface area (Å²) in [6.07, 6.45) is 2.42. The molecule has 0 saturated carbocycles. The topological polar surface area (TPSA) is 3.24 Å². The number of rotatable bonds is 6. The van der Waals surface area contributed by atoms with Crippen molar-refractivity contribution in [3.05, 3.63) is 60.2 Å². The molecule has 0 N–H and O–H groups in total. The number of benzene rings is 3. The van der Waals surface area contributed by atoms with Crippen LogP contribution in [0.15, 0.2) is 54.6 Å². The van der Waals surface area contributed by atoms with Crippen molar-refractivity contribution in [3.63, 3.8) is 0 Å². The van der Waals surface area contributed by atoms with Gasteiger partial charge in [0.05, 0.1) is 0 Å². The van der Waals surface area contributed by atoms with Crippen LogP contribution in [0.4, 0.5) is 0 Å². The molecule has 0 unspecified atom stereocenters. The molecule has 1 heteroatoms. The molecule has 0 saturated heterocycles. The Kier molecular flexibility index (Phi) is 4.74. The zero-order chi connectivity index (χ0) is 15.4. The number of hydrogen-bond donors (Lipinski definition) is 0. The summed E-state index contributed by atoms with van der Waals surface area (Å²) in [5.41, 5.74) is 1.48. The molecule has 0 bridgehead atoms. The first-order chi connectivity index (χ1) is 10.8. The molecule has 0 atom stereocenters. The molecule has 114 valence electrons. The Hall–Kier alpha value is -1.86. The Bertz CT molecular complexity index is 700. The highest BCUT2D eigenvalue weighted by atomic mass is 15.1. The second-order valence-electron chi connectivity index (χ2n) is 6.07. The van der Waals surface area contributed by atoms with Gasteiger partial charge in [-0.15, -0.1) is 0 Å². The summed E-state index contributed by atoms with van der Waals surface area (Å²) in [6, 6.07) is 19.9. The molecule has 0 aliphatic rings. The van der Waals surface area contributed by atoms with Gasteiger partial charge >= 0.3 is 0 Å². The van der Waals surface area contributed by atoms with Crippen LogP contribution in [0.3, 0.4) is 0 Å². The predicted molar refractivity (Wildman–Crippen MR) is 97.3 cm³/mol. The molecular weight excluding hydrogens is 266 g/mol. The third kappa shape index (κ3) is 3.00. The van der Waals surface area contributed by atoms with Gasteiger partial charge in [-0.1, -0.05) is 62.4 Å². The van der Waals surface area contributed by atoms with Gasteiger partial charge in [0, 0.05) is 6.54 Å². The summed E-state index contributed by atoms with van der Waals surface area (Å²) in [7, 11) is 0. The van der Waals surface area contributed by atoms with Crippen LogP contribution in [0.25, 0.3) is 21.5 Å². The summed E-state index contributed by atoms with van der Waals surface area (Å²) in [5, 5.41) is 5.50. The van der Waals surface area contributed by atoms with Crippen molar-refractivity contribution in [2.24, 2.45) is 0 Å². The maximum atomic E-state index is 2.59. The van der Waals surface area contributed by atoms with Crippen molar-refractivity contribution in [2.75, 3.05) is 13.1 Å². The minimum atomic E-state index is 1.05. The average Bonchev–Trinajstić information content (AvgIpc) is 2.55. The van der Waals surface area contributed by atoms with Crippen LogP contribution in [-0.2, 0) is 6.54 Å². The lowest BCUT2D eigenvalue weighted by molar-refractivity contribution is 0.268. The second-order valence-corrected chi connectivity index (χ2v) is 6.07. The highest BCUT2D eigenvalue weighted by Gasteiger charge is 2.11. The summed E-state index contributed by atoms with van der Waals surface area (Å²) < 4.78 is 0. The van der Waals surface area contributed by atoms with Crippen LogP contribution in [0, 0.1) is 0 Å². The quantitative estimate of drug-likeness (QED) is 0.533. The molecule has 0 fully saturated rings. The van der Waals surface area contributed by atoms with Gasteiger partial charge in [0.2, 0.25) is 0 Å². The number of hydrogen-bond acceptors (Lipinski definition) is 1. The zero-order valence-electron chi connectivity index (χ0n) is 13.7. The predicted octanol–water partition coefficient (Wildman–Crippen LogP) is 5.62. The van der Waals surface area contributed by atoms with E-state index in [1.807, 2.05) is 0 Å². The van der Waals surface area contributed by atoms with Crippen LogP contribution < -0.4 is 0 Å². The molecule has 1 nitrogen and oxygen atoms in total. The average molecular weight is 291 g/mol. The fourth-order valence-electron chi connectivity index (χ4n) is 3.40. The largest absolute Gasteiger partial charge is 0.299 e. The van der Waals surface area contributed by atoms with Crippen LogP contribution in [0.2, 0.25) is 0 Å². The minimum absolute atomic E-state index is 1.05. The van der Waals surface area contributed by atoms with Gasteiger partial charge < -0.3 is 0 Å². The normalized spacial score (nSPS) is 11.6. The van der Waals surface area contributed by atoms with Gasteiger partial charge in [-0.2, -0.15) is 0 Å². The highest BCUT2D eigenvalue weighted by Crippen LogP contribution is 2.29. The third-order valence-electron chi connectivity index (χ3n) is 4.34. The summed E-state index contributed by atoms with van der Waals surface area (Å²) in [6.45, 7) is 7.92. The Morgan fingerprint density at radius 3 is 1.73 bits per heavy atom. The van der Waals surface area contributed by atoms with E-state index in [-0.39, 0.29) is 0 Å². The van der Waals surface area contributed by atoms with Crippen molar-refractivity contribution in [2.45, 2.75) is 33.2 Å². The van der Waals surface area contributed by atoms with Crippen LogP contribution >= 0.6 is 0 Å². The van der Waals surface area contributed by atoms with E-state index in [2.05, 4.69) is 73.3 Å². The van der Waals surface area contributed by atoms with E-state index < -0.39 is 0 Å². The molecule has 0 aliphatic heterocycles. The molecule has 0 aromatic heterocycles. The Labute approximate surface area is 133 Å². The first kappa shape index (κ1) is 15.1. The maximum absolute atomic E-state index is 2.59. The standard InChI is InChI=1S/C21H25N/c1-3-13-22(14-4-2)16-21-19-11-7-5-9-17(19)15-18-10-6-8-12-20(18)21/h5-12,15H,3-4,13-14,16H2,1-2H3.